The number of hydrogen-bond donors (Lipinski definition) is 2. The number of hydrogen-bond acceptors (Lipinski definition) is 5. The first-order valence-electron chi connectivity index (χ1n) is 10.0. The van der Waals surface area contributed by atoms with Gasteiger partial charge in [0.1, 0.15) is 0 Å². The summed E-state index contributed by atoms with van der Waals surface area (Å²) < 4.78 is 53.8. The first-order chi connectivity index (χ1) is 14.4. The van der Waals surface area contributed by atoms with Gasteiger partial charge in [-0.3, -0.25) is 0 Å². The number of carbonyl (C=O) groups excluding carboxylic acids is 1. The number of allylic oxidation sites excluding steroid dienone is 1. The Morgan fingerprint density at radius 3 is 2.52 bits per heavy atom. The van der Waals surface area contributed by atoms with Crippen LogP contribution in [0.5, 0.6) is 0 Å². The Bertz CT molecular complexity index is 764. The Morgan fingerprint density at radius 1 is 1.35 bits per heavy atom. The molecule has 171 valence electrons. The van der Waals surface area contributed by atoms with Crippen molar-refractivity contribution in [1.29, 1.82) is 0 Å². The molecule has 0 spiro atoms. The van der Waals surface area contributed by atoms with E-state index in [0.29, 0.717) is 6.54 Å². The number of nitrogens with one attached hydrogen (secondary N) is 1. The predicted octanol–water partition coefficient (Wildman–Crippen LogP) is 1.49. The summed E-state index contributed by atoms with van der Waals surface area (Å²) in [6.45, 7) is 4.19. The molecule has 1 radical (unpaired) electrons. The van der Waals surface area contributed by atoms with Crippen LogP contribution in [0.4, 0.5) is 17.6 Å². The molecule has 2 N–H and O–H groups in total. The molecule has 2 aliphatic rings. The summed E-state index contributed by atoms with van der Waals surface area (Å²) in [5.41, 5.74) is -1.71. The molecule has 2 rings (SSSR count). The average molecular weight is 445 g/mol. The van der Waals surface area contributed by atoms with Crippen LogP contribution in [0, 0.1) is 5.92 Å². The molecule has 1 fully saturated rings. The molecule has 1 saturated heterocycles. The molecule has 0 aliphatic carbocycles. The van der Waals surface area contributed by atoms with Crippen molar-refractivity contribution >= 4 is 30.7 Å². The van der Waals surface area contributed by atoms with Gasteiger partial charge in [0, 0.05) is 0 Å². The average Bonchev–Trinajstić information content (AvgIpc) is 2.61. The molecular formula is C19H26BF4N4O3. The number of rotatable bonds is 10. The van der Waals surface area contributed by atoms with Gasteiger partial charge in [0.15, 0.2) is 0 Å². The monoisotopic (exact) mass is 445 g/mol. The van der Waals surface area contributed by atoms with Crippen molar-refractivity contribution in [3.05, 3.63) is 11.6 Å². The Balaban J connectivity index is 2.25. The zero-order chi connectivity index (χ0) is 23.3. The van der Waals surface area contributed by atoms with E-state index in [1.807, 2.05) is 0 Å². The second kappa shape index (κ2) is 10.4. The maximum atomic E-state index is 13.6. The molecule has 1 atom stereocenters. The summed E-state index contributed by atoms with van der Waals surface area (Å²) >= 11 is 0. The summed E-state index contributed by atoms with van der Waals surface area (Å²) in [6, 6.07) is -1.14. The number of alkyl halides is 4. The van der Waals surface area contributed by atoms with Gasteiger partial charge in [0.2, 0.25) is 0 Å². The topological polar surface area (TPSA) is 85.2 Å². The van der Waals surface area contributed by atoms with E-state index in [2.05, 4.69) is 10.4 Å². The number of carboxylic acids is 1. The third-order valence-electron chi connectivity index (χ3n) is 4.90. The Labute approximate surface area is 179 Å². The van der Waals surface area contributed by atoms with Crippen molar-refractivity contribution in [2.45, 2.75) is 51.5 Å². The van der Waals surface area contributed by atoms with Gasteiger partial charge in [-0.05, 0) is 0 Å². The third kappa shape index (κ3) is 7.15. The van der Waals surface area contributed by atoms with Gasteiger partial charge in [-0.1, -0.05) is 0 Å². The Hall–Kier alpha value is -2.24. The molecule has 0 saturated carbocycles. The molecule has 12 heteroatoms. The summed E-state index contributed by atoms with van der Waals surface area (Å²) in [5.74, 6) is -1.86. The van der Waals surface area contributed by atoms with Crippen LogP contribution in [0.15, 0.2) is 16.8 Å². The van der Waals surface area contributed by atoms with E-state index in [1.54, 1.807) is 18.7 Å². The van der Waals surface area contributed by atoms with Crippen LogP contribution in [-0.4, -0.2) is 90.2 Å². The van der Waals surface area contributed by atoms with Gasteiger partial charge in [0.05, 0.1) is 0 Å². The quantitative estimate of drug-likeness (QED) is 0.393. The first-order valence-corrected chi connectivity index (χ1v) is 10.0. The molecule has 1 unspecified atom stereocenters. The maximum absolute atomic E-state index is 13.6. The number of likely N-dealkylation sites (tertiary alicyclic amines) is 1. The van der Waals surface area contributed by atoms with Crippen molar-refractivity contribution in [3.63, 3.8) is 0 Å². The zero-order valence-electron chi connectivity index (χ0n) is 17.5. The number of halogens is 4. The minimum absolute atomic E-state index is 0.0792. The SMILES string of the molecule is [B]=C1C(C(F)(F)F)=CC(CCN2CC(F)C2)=NN1C(CC(C)C)C(=O)NCCC(=O)O. The minimum atomic E-state index is -4.76. The molecule has 2 heterocycles. The second-order valence-electron chi connectivity index (χ2n) is 8.06. The fraction of sp³-hybridized carbons (Fsp3) is 0.684. The Kier molecular flexibility index (Phi) is 8.38. The first kappa shape index (κ1) is 25.0. The van der Waals surface area contributed by atoms with Crippen LogP contribution in [0.1, 0.15) is 33.1 Å². The number of nitrogens with zero attached hydrogens (tertiary/aromatic N) is 3. The molecule has 1 amide bonds. The van der Waals surface area contributed by atoms with Crippen molar-refractivity contribution in [1.82, 2.24) is 15.2 Å². The van der Waals surface area contributed by atoms with Gasteiger partial charge in [-0.15, -0.1) is 0 Å². The van der Waals surface area contributed by atoms with E-state index in [0.717, 1.165) is 11.1 Å². The second-order valence-corrected chi connectivity index (χ2v) is 8.06. The van der Waals surface area contributed by atoms with E-state index < -0.39 is 41.4 Å². The fourth-order valence-corrected chi connectivity index (χ4v) is 3.31. The number of carbonyl (C=O) groups is 2. The van der Waals surface area contributed by atoms with Gasteiger partial charge >= 0.3 is 178 Å². The zero-order valence-corrected chi connectivity index (χ0v) is 17.5. The van der Waals surface area contributed by atoms with Crippen LogP contribution in [-0.2, 0) is 9.59 Å². The van der Waals surface area contributed by atoms with E-state index in [4.69, 9.17) is 12.6 Å². The van der Waals surface area contributed by atoms with Gasteiger partial charge in [-0.2, -0.15) is 0 Å². The number of hydrazone groups is 1. The van der Waals surface area contributed by atoms with E-state index in [9.17, 15) is 27.2 Å². The number of carboxylic acid groups (broad SMARTS) is 1. The molecule has 31 heavy (non-hydrogen) atoms. The van der Waals surface area contributed by atoms with E-state index in [1.165, 1.54) is 0 Å². The van der Waals surface area contributed by atoms with E-state index in [-0.39, 0.29) is 50.5 Å². The summed E-state index contributed by atoms with van der Waals surface area (Å²) in [7, 11) is 5.79. The summed E-state index contributed by atoms with van der Waals surface area (Å²) in [4.78, 5) is 25.1. The van der Waals surface area contributed by atoms with Gasteiger partial charge in [0.25, 0.3) is 0 Å². The molecule has 0 bridgehead atoms. The molecule has 0 aromatic rings. The van der Waals surface area contributed by atoms with Gasteiger partial charge < -0.3 is 0 Å². The van der Waals surface area contributed by atoms with Crippen molar-refractivity contribution in [3.8, 4) is 0 Å². The number of amides is 1. The molecular weight excluding hydrogens is 419 g/mol. The Morgan fingerprint density at radius 2 is 2.00 bits per heavy atom. The van der Waals surface area contributed by atoms with E-state index >= 15 is 0 Å². The van der Waals surface area contributed by atoms with Crippen molar-refractivity contribution in [2.24, 2.45) is 11.0 Å². The van der Waals surface area contributed by atoms with Crippen molar-refractivity contribution in [2.75, 3.05) is 26.2 Å². The predicted molar refractivity (Wildman–Crippen MR) is 109 cm³/mol. The fourth-order valence-electron chi connectivity index (χ4n) is 3.31. The summed E-state index contributed by atoms with van der Waals surface area (Å²) in [6.07, 6.45) is -4.88. The van der Waals surface area contributed by atoms with Crippen LogP contribution in [0.2, 0.25) is 0 Å². The molecule has 0 aromatic heterocycles. The molecule has 2 aliphatic heterocycles. The summed E-state index contributed by atoms with van der Waals surface area (Å²) in [5, 5.41) is 16.3. The standard InChI is InChI=1S/C19H26BF4N4O3/c1-11(2)7-15(18(31)25-5-3-16(29)30)28-17(20)14(19(22,23)24)8-13(26-28)4-6-27-9-12(21)10-27/h8,11-12,15H,3-7,9-10H2,1-2H3,(H,25,31)(H,29,30). The van der Waals surface area contributed by atoms with Crippen LogP contribution in [0.25, 0.3) is 0 Å². The number of aliphatic carboxylic acids is 1. The normalized spacial score (nSPS) is 19.0. The van der Waals surface area contributed by atoms with Crippen LogP contribution >= 0.6 is 0 Å². The van der Waals surface area contributed by atoms with Gasteiger partial charge in [-0.25, -0.2) is 0 Å². The molecule has 7 nitrogen and oxygen atoms in total. The molecule has 0 aromatic carbocycles. The van der Waals surface area contributed by atoms with Crippen molar-refractivity contribution < 1.29 is 32.3 Å². The van der Waals surface area contributed by atoms with Crippen LogP contribution < -0.4 is 5.32 Å². The third-order valence-corrected chi connectivity index (χ3v) is 4.90. The van der Waals surface area contributed by atoms with Crippen LogP contribution in [0.3, 0.4) is 0 Å².